The van der Waals surface area contributed by atoms with E-state index in [-0.39, 0.29) is 1.43 Å². The molecule has 2 aliphatic heterocycles. The molecule has 0 aromatic carbocycles. The lowest BCUT2D eigenvalue weighted by atomic mass is 9.93. The molecule has 0 spiro atoms. The molecule has 0 bridgehead atoms. The highest BCUT2D eigenvalue weighted by Crippen LogP contribution is 2.19. The van der Waals surface area contributed by atoms with Gasteiger partial charge in [0.25, 0.3) is 0 Å². The van der Waals surface area contributed by atoms with Gasteiger partial charge in [-0.2, -0.15) is 0 Å². The van der Waals surface area contributed by atoms with E-state index in [9.17, 15) is 0 Å². The van der Waals surface area contributed by atoms with E-state index in [4.69, 9.17) is 5.73 Å². The van der Waals surface area contributed by atoms with Gasteiger partial charge in [0.15, 0.2) is 0 Å². The number of nitrogens with zero attached hydrogens (tertiary/aromatic N) is 1. The first-order valence-corrected chi connectivity index (χ1v) is 7.51. The van der Waals surface area contributed by atoms with E-state index in [1.165, 1.54) is 58.4 Å². The summed E-state index contributed by atoms with van der Waals surface area (Å²) in [4.78, 5) is 2.65. The van der Waals surface area contributed by atoms with Crippen LogP contribution in [0.2, 0.25) is 0 Å². The second-order valence-electron chi connectivity index (χ2n) is 5.17. The van der Waals surface area contributed by atoms with Crippen LogP contribution in [0.15, 0.2) is 0 Å². The molecule has 2 fully saturated rings. The number of hydrogen-bond donors (Lipinski definition) is 2. The number of nitrogens with two attached hydrogens (primary N) is 1. The molecule has 2 rings (SSSR count). The number of likely N-dealkylation sites (tertiary alicyclic amines) is 1. The number of rotatable bonds is 3. The van der Waals surface area contributed by atoms with Gasteiger partial charge in [0.1, 0.15) is 0 Å². The minimum absolute atomic E-state index is 0. The molecular weight excluding hydrogens is 210 g/mol. The van der Waals surface area contributed by atoms with Crippen LogP contribution in [-0.2, 0) is 0 Å². The highest BCUT2D eigenvalue weighted by molar-refractivity contribution is 4.77. The fourth-order valence-electron chi connectivity index (χ4n) is 2.83. The molecule has 0 aromatic rings. The third-order valence-electron chi connectivity index (χ3n) is 4.02. The normalized spacial score (nSPS) is 24.2. The van der Waals surface area contributed by atoms with Crippen LogP contribution in [0.1, 0.15) is 41.0 Å². The van der Waals surface area contributed by atoms with E-state index in [0.29, 0.717) is 0 Å². The molecule has 3 nitrogen and oxygen atoms in total. The largest absolute Gasteiger partial charge is 0.330 e. The fourth-order valence-corrected chi connectivity index (χ4v) is 2.83. The maximum atomic E-state index is 5.71. The van der Waals surface area contributed by atoms with Gasteiger partial charge in [-0.05, 0) is 70.2 Å². The quantitative estimate of drug-likeness (QED) is 0.796. The van der Waals surface area contributed by atoms with Crippen molar-refractivity contribution in [1.29, 1.82) is 0 Å². The maximum Gasteiger partial charge on any atom is 0.00106 e. The fraction of sp³-hybridized carbons (Fsp3) is 1.00. The summed E-state index contributed by atoms with van der Waals surface area (Å²) in [5, 5.41) is 3.43. The summed E-state index contributed by atoms with van der Waals surface area (Å²) in [6.07, 6.45) is 5.39. The van der Waals surface area contributed by atoms with Crippen molar-refractivity contribution >= 4 is 0 Å². The van der Waals surface area contributed by atoms with Gasteiger partial charge in [-0.3, -0.25) is 0 Å². The first kappa shape index (κ1) is 14.9. The molecule has 3 heteroatoms. The van der Waals surface area contributed by atoms with E-state index >= 15 is 0 Å². The second kappa shape index (κ2) is 8.90. The molecule has 0 saturated carbocycles. The van der Waals surface area contributed by atoms with Crippen LogP contribution in [0.25, 0.3) is 0 Å². The van der Waals surface area contributed by atoms with Crippen molar-refractivity contribution in [2.75, 3.05) is 39.3 Å². The highest BCUT2D eigenvalue weighted by Gasteiger charge is 2.21. The SMILES string of the molecule is CC.NCC1CCN(CC2CCNCC2)CC1.[HH]. The molecule has 0 atom stereocenters. The lowest BCUT2D eigenvalue weighted by Crippen LogP contribution is -2.41. The minimum Gasteiger partial charge on any atom is -0.330 e. The molecule has 17 heavy (non-hydrogen) atoms. The zero-order chi connectivity index (χ0) is 12.5. The van der Waals surface area contributed by atoms with Crippen LogP contribution in [-0.4, -0.2) is 44.2 Å². The van der Waals surface area contributed by atoms with Crippen LogP contribution in [0.4, 0.5) is 0 Å². The Kier molecular flexibility index (Phi) is 7.82. The molecule has 0 aromatic heterocycles. The second-order valence-corrected chi connectivity index (χ2v) is 5.17. The summed E-state index contributed by atoms with van der Waals surface area (Å²) in [5.41, 5.74) is 5.71. The first-order valence-electron chi connectivity index (χ1n) is 7.51. The first-order chi connectivity index (χ1) is 8.38. The monoisotopic (exact) mass is 243 g/mol. The topological polar surface area (TPSA) is 41.3 Å². The summed E-state index contributed by atoms with van der Waals surface area (Å²) in [7, 11) is 0. The van der Waals surface area contributed by atoms with Gasteiger partial charge < -0.3 is 16.0 Å². The zero-order valence-corrected chi connectivity index (χ0v) is 11.8. The van der Waals surface area contributed by atoms with Crippen molar-refractivity contribution in [3.8, 4) is 0 Å². The van der Waals surface area contributed by atoms with Crippen molar-refractivity contribution in [2.45, 2.75) is 39.5 Å². The molecule has 0 aliphatic carbocycles. The van der Waals surface area contributed by atoms with Gasteiger partial charge in [-0.15, -0.1) is 0 Å². The van der Waals surface area contributed by atoms with Crippen LogP contribution in [0.3, 0.4) is 0 Å². The Balaban J connectivity index is 0.000000917. The lowest BCUT2D eigenvalue weighted by Gasteiger charge is -2.35. The minimum atomic E-state index is 0. The molecule has 3 N–H and O–H groups in total. The standard InChI is InChI=1S/C12H25N3.C2H6.H2/c13-9-11-3-7-15(8-4-11)10-12-1-5-14-6-2-12;1-2;/h11-12,14H,1-10,13H2;1-2H3;1H. The lowest BCUT2D eigenvalue weighted by molar-refractivity contribution is 0.150. The highest BCUT2D eigenvalue weighted by atomic mass is 15.1. The summed E-state index contributed by atoms with van der Waals surface area (Å²) < 4.78 is 0. The summed E-state index contributed by atoms with van der Waals surface area (Å²) in [6.45, 7) is 11.2. The summed E-state index contributed by atoms with van der Waals surface area (Å²) in [6, 6.07) is 0. The average Bonchev–Trinajstić information content (AvgIpc) is 2.43. The van der Waals surface area contributed by atoms with Gasteiger partial charge in [-0.1, -0.05) is 13.8 Å². The van der Waals surface area contributed by atoms with Crippen LogP contribution in [0, 0.1) is 11.8 Å². The maximum absolute atomic E-state index is 5.71. The number of piperidine rings is 2. The van der Waals surface area contributed by atoms with E-state index < -0.39 is 0 Å². The zero-order valence-electron chi connectivity index (χ0n) is 11.8. The third kappa shape index (κ3) is 5.36. The van der Waals surface area contributed by atoms with Crippen molar-refractivity contribution < 1.29 is 1.43 Å². The van der Waals surface area contributed by atoms with Gasteiger partial charge >= 0.3 is 0 Å². The molecule has 2 heterocycles. The number of hydrogen-bond acceptors (Lipinski definition) is 3. The molecule has 0 unspecified atom stereocenters. The van der Waals surface area contributed by atoms with E-state index in [0.717, 1.165) is 18.4 Å². The molecule has 2 aliphatic rings. The Morgan fingerprint density at radius 2 is 1.65 bits per heavy atom. The van der Waals surface area contributed by atoms with Crippen LogP contribution < -0.4 is 11.1 Å². The summed E-state index contributed by atoms with van der Waals surface area (Å²) >= 11 is 0. The Morgan fingerprint density at radius 3 is 2.18 bits per heavy atom. The number of nitrogens with one attached hydrogen (secondary N) is 1. The van der Waals surface area contributed by atoms with E-state index in [2.05, 4.69) is 10.2 Å². The average molecular weight is 243 g/mol. The predicted octanol–water partition coefficient (Wildman–Crippen LogP) is 1.93. The van der Waals surface area contributed by atoms with Crippen molar-refractivity contribution in [1.82, 2.24) is 10.2 Å². The molecule has 0 amide bonds. The van der Waals surface area contributed by atoms with E-state index in [1.54, 1.807) is 0 Å². The Bertz CT molecular complexity index is 176. The van der Waals surface area contributed by atoms with Gasteiger partial charge in [0.2, 0.25) is 0 Å². The third-order valence-corrected chi connectivity index (χ3v) is 4.02. The van der Waals surface area contributed by atoms with Crippen molar-refractivity contribution in [3.05, 3.63) is 0 Å². The molecule has 104 valence electrons. The van der Waals surface area contributed by atoms with Crippen LogP contribution in [0.5, 0.6) is 0 Å². The van der Waals surface area contributed by atoms with Gasteiger partial charge in [0, 0.05) is 7.97 Å². The Labute approximate surface area is 109 Å². The Morgan fingerprint density at radius 1 is 1.06 bits per heavy atom. The molecule has 2 saturated heterocycles. The molecular formula is C14H33N3. The molecule has 0 radical (unpaired) electrons. The van der Waals surface area contributed by atoms with Crippen molar-refractivity contribution in [3.63, 3.8) is 0 Å². The van der Waals surface area contributed by atoms with Gasteiger partial charge in [0.05, 0.1) is 0 Å². The summed E-state index contributed by atoms with van der Waals surface area (Å²) in [5.74, 6) is 1.75. The predicted molar refractivity (Wildman–Crippen MR) is 77.3 cm³/mol. The van der Waals surface area contributed by atoms with Crippen molar-refractivity contribution in [2.24, 2.45) is 17.6 Å². The van der Waals surface area contributed by atoms with E-state index in [1.807, 2.05) is 13.8 Å². The van der Waals surface area contributed by atoms with Gasteiger partial charge in [-0.25, -0.2) is 0 Å². The van der Waals surface area contributed by atoms with Crippen LogP contribution >= 0.6 is 0 Å². The Hall–Kier alpha value is -0.120. The smallest absolute Gasteiger partial charge is 0.00106 e.